The first kappa shape index (κ1) is 24.6. The molecular weight excluding hydrogens is 378 g/mol. The van der Waals surface area contributed by atoms with E-state index in [-0.39, 0.29) is 12.3 Å². The average Bonchev–Trinajstić information content (AvgIpc) is 3.05. The fraction of sp³-hybridized carbons (Fsp3) is 0.800. The van der Waals surface area contributed by atoms with E-state index in [1.807, 2.05) is 0 Å². The summed E-state index contributed by atoms with van der Waals surface area (Å²) in [6.07, 6.45) is 10.00. The Balaban J connectivity index is 2.58. The number of unbranched alkanes of at least 4 members (excludes halogenated alkanes) is 8. The van der Waals surface area contributed by atoms with Gasteiger partial charge >= 0.3 is 0 Å². The van der Waals surface area contributed by atoms with E-state index in [9.17, 15) is 13.2 Å². The van der Waals surface area contributed by atoms with Gasteiger partial charge in [0, 0.05) is 12.6 Å². The zero-order valence-corrected chi connectivity index (χ0v) is 18.5. The van der Waals surface area contributed by atoms with Gasteiger partial charge in [-0.05, 0) is 19.8 Å². The molecule has 0 saturated heterocycles. The Labute approximate surface area is 170 Å². The predicted molar refractivity (Wildman–Crippen MR) is 113 cm³/mol. The number of hydrogen-bond donors (Lipinski definition) is 1. The molecule has 1 aromatic rings. The average molecular weight is 416 g/mol. The summed E-state index contributed by atoms with van der Waals surface area (Å²) < 4.78 is 31.8. The van der Waals surface area contributed by atoms with Gasteiger partial charge in [-0.1, -0.05) is 70.4 Å². The zero-order chi connectivity index (χ0) is 20.8. The fourth-order valence-corrected chi connectivity index (χ4v) is 4.54. The summed E-state index contributed by atoms with van der Waals surface area (Å²) in [7, 11) is -3.46. The minimum Gasteiger partial charge on any atom is -0.360 e. The number of hydrogen-bond acceptors (Lipinski definition) is 5. The normalized spacial score (nSPS) is 11.9. The number of rotatable bonds is 16. The lowest BCUT2D eigenvalue weighted by molar-refractivity contribution is -0.116. The van der Waals surface area contributed by atoms with E-state index in [0.717, 1.165) is 44.9 Å². The van der Waals surface area contributed by atoms with Crippen LogP contribution in [0.5, 0.6) is 0 Å². The second kappa shape index (κ2) is 13.7. The first-order chi connectivity index (χ1) is 13.4. The third-order valence-corrected chi connectivity index (χ3v) is 6.53. The molecule has 1 N–H and O–H groups in total. The maximum Gasteiger partial charge on any atom is 0.240 e. The number of anilines is 1. The highest BCUT2D eigenvalue weighted by Gasteiger charge is 2.24. The third kappa shape index (κ3) is 10.2. The van der Waals surface area contributed by atoms with Crippen molar-refractivity contribution in [3.63, 3.8) is 0 Å². The number of carbonyl (C=O) groups excluding carboxylic acids is 1. The molecule has 7 nitrogen and oxygen atoms in total. The van der Waals surface area contributed by atoms with Gasteiger partial charge in [0.1, 0.15) is 5.76 Å². The fourth-order valence-electron chi connectivity index (χ4n) is 2.99. The van der Waals surface area contributed by atoms with E-state index >= 15 is 0 Å². The Morgan fingerprint density at radius 1 is 1.04 bits per heavy atom. The quantitative estimate of drug-likeness (QED) is 0.401. The number of nitrogens with zero attached hydrogens (tertiary/aromatic N) is 2. The van der Waals surface area contributed by atoms with Gasteiger partial charge in [-0.25, -0.2) is 8.42 Å². The highest BCUT2D eigenvalue weighted by Crippen LogP contribution is 2.13. The van der Waals surface area contributed by atoms with Crippen LogP contribution in [0.2, 0.25) is 0 Å². The van der Waals surface area contributed by atoms with Crippen molar-refractivity contribution in [2.45, 2.75) is 85.0 Å². The number of nitrogens with one attached hydrogen (secondary N) is 1. The molecule has 8 heteroatoms. The molecule has 1 amide bonds. The predicted octanol–water partition coefficient (Wildman–Crippen LogP) is 4.49. The Morgan fingerprint density at radius 3 is 2.25 bits per heavy atom. The van der Waals surface area contributed by atoms with Gasteiger partial charge in [0.2, 0.25) is 15.9 Å². The molecule has 0 bridgehead atoms. The molecule has 0 radical (unpaired) electrons. The standard InChI is InChI=1S/C20H37N3O4S/c1-4-6-8-10-11-13-15-28(25,26)23(14-12-9-7-5-2)17-20(24)21-19-16-18(3)27-22-19/h16H,4-15,17H2,1-3H3,(H,21,22,24). The number of aryl methyl sites for hydroxylation is 1. The van der Waals surface area contributed by atoms with Crippen LogP contribution < -0.4 is 5.32 Å². The highest BCUT2D eigenvalue weighted by molar-refractivity contribution is 7.89. The minimum absolute atomic E-state index is 0.100. The van der Waals surface area contributed by atoms with Gasteiger partial charge < -0.3 is 9.84 Å². The van der Waals surface area contributed by atoms with Crippen LogP contribution in [0.4, 0.5) is 5.82 Å². The minimum atomic E-state index is -3.46. The van der Waals surface area contributed by atoms with Gasteiger partial charge in [-0.3, -0.25) is 4.79 Å². The van der Waals surface area contributed by atoms with Crippen LogP contribution in [-0.2, 0) is 14.8 Å². The summed E-state index contributed by atoms with van der Waals surface area (Å²) in [6.45, 7) is 6.19. The van der Waals surface area contributed by atoms with E-state index in [4.69, 9.17) is 4.52 Å². The number of aromatic nitrogens is 1. The lowest BCUT2D eigenvalue weighted by atomic mass is 10.1. The number of amides is 1. The van der Waals surface area contributed by atoms with Crippen molar-refractivity contribution in [2.24, 2.45) is 0 Å². The Bertz CT molecular complexity index is 658. The molecule has 0 saturated carbocycles. The summed E-state index contributed by atoms with van der Waals surface area (Å²) in [4.78, 5) is 12.3. The maximum atomic E-state index is 12.8. The lowest BCUT2D eigenvalue weighted by Gasteiger charge is -2.21. The zero-order valence-electron chi connectivity index (χ0n) is 17.7. The van der Waals surface area contributed by atoms with Crippen LogP contribution in [-0.4, -0.2) is 42.6 Å². The highest BCUT2D eigenvalue weighted by atomic mass is 32.2. The van der Waals surface area contributed by atoms with Gasteiger partial charge in [0.25, 0.3) is 0 Å². The molecule has 0 aliphatic rings. The maximum absolute atomic E-state index is 12.8. The lowest BCUT2D eigenvalue weighted by Crippen LogP contribution is -2.40. The van der Waals surface area contributed by atoms with Crippen LogP contribution in [0, 0.1) is 6.92 Å². The Kier molecular flexibility index (Phi) is 12.1. The summed E-state index contributed by atoms with van der Waals surface area (Å²) >= 11 is 0. The van der Waals surface area contributed by atoms with E-state index in [2.05, 4.69) is 24.3 Å². The topological polar surface area (TPSA) is 92.5 Å². The van der Waals surface area contributed by atoms with Crippen molar-refractivity contribution in [1.29, 1.82) is 0 Å². The van der Waals surface area contributed by atoms with Crippen molar-refractivity contribution >= 4 is 21.7 Å². The molecule has 1 aromatic heterocycles. The van der Waals surface area contributed by atoms with Crippen LogP contribution in [0.3, 0.4) is 0 Å². The van der Waals surface area contributed by atoms with Crippen LogP contribution in [0.15, 0.2) is 10.6 Å². The summed E-state index contributed by atoms with van der Waals surface area (Å²) in [6, 6.07) is 1.61. The van der Waals surface area contributed by atoms with Crippen molar-refractivity contribution in [3.8, 4) is 0 Å². The first-order valence-corrected chi connectivity index (χ1v) is 12.2. The largest absolute Gasteiger partial charge is 0.360 e. The summed E-state index contributed by atoms with van der Waals surface area (Å²) in [5, 5.41) is 6.33. The summed E-state index contributed by atoms with van der Waals surface area (Å²) in [5.41, 5.74) is 0. The Hall–Kier alpha value is -1.41. The second-order valence-corrected chi connectivity index (χ2v) is 9.44. The van der Waals surface area contributed by atoms with E-state index in [0.29, 0.717) is 24.5 Å². The number of sulfonamides is 1. The van der Waals surface area contributed by atoms with Gasteiger partial charge in [0.05, 0.1) is 12.3 Å². The third-order valence-electron chi connectivity index (χ3n) is 4.63. The first-order valence-electron chi connectivity index (χ1n) is 10.6. The summed E-state index contributed by atoms with van der Waals surface area (Å²) in [5.74, 6) is 0.600. The van der Waals surface area contributed by atoms with Crippen molar-refractivity contribution in [3.05, 3.63) is 11.8 Å². The molecular formula is C20H37N3O4S. The molecule has 28 heavy (non-hydrogen) atoms. The molecule has 0 spiro atoms. The van der Waals surface area contributed by atoms with E-state index in [1.165, 1.54) is 17.1 Å². The van der Waals surface area contributed by atoms with Crippen molar-refractivity contribution < 1.29 is 17.7 Å². The van der Waals surface area contributed by atoms with Crippen LogP contribution in [0.1, 0.15) is 83.8 Å². The number of carbonyl (C=O) groups is 1. The molecule has 162 valence electrons. The van der Waals surface area contributed by atoms with Gasteiger partial charge in [-0.2, -0.15) is 4.31 Å². The molecule has 0 atom stereocenters. The SMILES string of the molecule is CCCCCCCCS(=O)(=O)N(CCCCCC)CC(=O)Nc1cc(C)on1. The molecule has 1 rings (SSSR count). The molecule has 0 fully saturated rings. The monoisotopic (exact) mass is 415 g/mol. The smallest absolute Gasteiger partial charge is 0.240 e. The van der Waals surface area contributed by atoms with Crippen LogP contribution >= 0.6 is 0 Å². The Morgan fingerprint density at radius 2 is 1.64 bits per heavy atom. The molecule has 0 unspecified atom stereocenters. The molecule has 1 heterocycles. The van der Waals surface area contributed by atoms with Gasteiger partial charge in [-0.15, -0.1) is 0 Å². The second-order valence-electron chi connectivity index (χ2n) is 7.35. The van der Waals surface area contributed by atoms with E-state index in [1.54, 1.807) is 13.0 Å². The van der Waals surface area contributed by atoms with Gasteiger partial charge in [0.15, 0.2) is 5.82 Å². The van der Waals surface area contributed by atoms with Crippen LogP contribution in [0.25, 0.3) is 0 Å². The molecule has 0 aliphatic heterocycles. The molecule has 0 aromatic carbocycles. The van der Waals surface area contributed by atoms with E-state index < -0.39 is 15.9 Å². The van der Waals surface area contributed by atoms with Crippen molar-refractivity contribution in [1.82, 2.24) is 9.46 Å². The van der Waals surface area contributed by atoms with Crippen molar-refractivity contribution in [2.75, 3.05) is 24.2 Å². The molecule has 0 aliphatic carbocycles.